The Hall–Kier alpha value is -1.05. The third kappa shape index (κ3) is 4.32. The van der Waals surface area contributed by atoms with Crippen LogP contribution in [0, 0.1) is 5.41 Å². The van der Waals surface area contributed by atoms with Gasteiger partial charge in [-0.1, -0.05) is 0 Å². The SMILES string of the molecule is Cl.Cl.O=C(c1ccc(C(F)(F)F)nc1)N1CCC2(CCNC2)CC1. The lowest BCUT2D eigenvalue weighted by Gasteiger charge is -2.38. The van der Waals surface area contributed by atoms with E-state index in [0.29, 0.717) is 18.5 Å². The molecule has 136 valence electrons. The number of amides is 1. The maximum absolute atomic E-state index is 12.5. The number of likely N-dealkylation sites (tertiary alicyclic amines) is 1. The summed E-state index contributed by atoms with van der Waals surface area (Å²) in [5, 5.41) is 3.36. The summed E-state index contributed by atoms with van der Waals surface area (Å²) < 4.78 is 37.4. The van der Waals surface area contributed by atoms with Gasteiger partial charge in [0, 0.05) is 25.8 Å². The van der Waals surface area contributed by atoms with Gasteiger partial charge in [-0.05, 0) is 43.4 Å². The van der Waals surface area contributed by atoms with E-state index in [0.717, 1.165) is 44.6 Å². The molecule has 24 heavy (non-hydrogen) atoms. The van der Waals surface area contributed by atoms with Gasteiger partial charge in [0.1, 0.15) is 5.69 Å². The van der Waals surface area contributed by atoms with Crippen LogP contribution in [0.4, 0.5) is 13.2 Å². The molecule has 2 saturated heterocycles. The second kappa shape index (κ2) is 7.89. The fourth-order valence-electron chi connectivity index (χ4n) is 3.28. The van der Waals surface area contributed by atoms with E-state index in [1.165, 1.54) is 6.07 Å². The van der Waals surface area contributed by atoms with Crippen LogP contribution in [0.15, 0.2) is 18.3 Å². The Morgan fingerprint density at radius 3 is 2.29 bits per heavy atom. The minimum atomic E-state index is -4.48. The van der Waals surface area contributed by atoms with E-state index in [4.69, 9.17) is 0 Å². The smallest absolute Gasteiger partial charge is 0.339 e. The van der Waals surface area contributed by atoms with Crippen molar-refractivity contribution in [1.82, 2.24) is 15.2 Å². The van der Waals surface area contributed by atoms with Crippen LogP contribution in [0.25, 0.3) is 0 Å². The first-order valence-electron chi connectivity index (χ1n) is 7.43. The molecule has 0 atom stereocenters. The standard InChI is InChI=1S/C15H18F3N3O.2ClH/c16-15(17,18)12-2-1-11(9-20-12)13(22)21-7-4-14(5-8-21)3-6-19-10-14;;/h1-2,9,19H,3-8,10H2;2*1H. The first-order chi connectivity index (χ1) is 10.4. The zero-order valence-electron chi connectivity index (χ0n) is 12.9. The van der Waals surface area contributed by atoms with E-state index in [9.17, 15) is 18.0 Å². The number of alkyl halides is 3. The Morgan fingerprint density at radius 2 is 1.83 bits per heavy atom. The van der Waals surface area contributed by atoms with Crippen LogP contribution in [-0.4, -0.2) is 42.0 Å². The first kappa shape index (κ1) is 21.0. The summed E-state index contributed by atoms with van der Waals surface area (Å²) in [6.07, 6.45) is -0.433. The summed E-state index contributed by atoms with van der Waals surface area (Å²) in [4.78, 5) is 17.4. The van der Waals surface area contributed by atoms with E-state index in [2.05, 4.69) is 10.3 Å². The lowest BCUT2D eigenvalue weighted by molar-refractivity contribution is -0.141. The van der Waals surface area contributed by atoms with Crippen LogP contribution < -0.4 is 5.32 Å². The van der Waals surface area contributed by atoms with Crippen molar-refractivity contribution in [1.29, 1.82) is 0 Å². The fraction of sp³-hybridized carbons (Fsp3) is 0.600. The summed E-state index contributed by atoms with van der Waals surface area (Å²) in [6, 6.07) is 2.07. The van der Waals surface area contributed by atoms with E-state index in [1.807, 2.05) is 0 Å². The van der Waals surface area contributed by atoms with Gasteiger partial charge in [-0.3, -0.25) is 9.78 Å². The maximum Gasteiger partial charge on any atom is 0.433 e. The monoisotopic (exact) mass is 385 g/mol. The first-order valence-corrected chi connectivity index (χ1v) is 7.43. The number of nitrogens with one attached hydrogen (secondary N) is 1. The molecule has 1 N–H and O–H groups in total. The van der Waals surface area contributed by atoms with Gasteiger partial charge < -0.3 is 10.2 Å². The normalized spacial score (nSPS) is 19.5. The minimum absolute atomic E-state index is 0. The quantitative estimate of drug-likeness (QED) is 0.807. The van der Waals surface area contributed by atoms with Crippen LogP contribution in [-0.2, 0) is 6.18 Å². The van der Waals surface area contributed by atoms with Crippen molar-refractivity contribution in [2.75, 3.05) is 26.2 Å². The number of pyridine rings is 1. The Balaban J connectivity index is 0.00000144. The molecule has 1 spiro atoms. The molecule has 2 aliphatic heterocycles. The van der Waals surface area contributed by atoms with Crippen LogP contribution in [0.1, 0.15) is 35.3 Å². The van der Waals surface area contributed by atoms with Crippen LogP contribution in [0.5, 0.6) is 0 Å². The van der Waals surface area contributed by atoms with Gasteiger partial charge in [0.15, 0.2) is 0 Å². The Bertz CT molecular complexity index is 550. The molecule has 1 aromatic heterocycles. The van der Waals surface area contributed by atoms with Crippen LogP contribution >= 0.6 is 24.8 Å². The molecule has 4 nitrogen and oxygen atoms in total. The largest absolute Gasteiger partial charge is 0.433 e. The highest BCUT2D eigenvalue weighted by atomic mass is 35.5. The van der Waals surface area contributed by atoms with Crippen molar-refractivity contribution in [3.05, 3.63) is 29.6 Å². The van der Waals surface area contributed by atoms with Crippen molar-refractivity contribution in [3.63, 3.8) is 0 Å². The average molecular weight is 386 g/mol. The Kier molecular flexibility index (Phi) is 6.90. The zero-order chi connectivity index (χ0) is 15.8. The van der Waals surface area contributed by atoms with Crippen molar-refractivity contribution < 1.29 is 18.0 Å². The number of halogens is 5. The molecule has 9 heteroatoms. The molecule has 0 radical (unpaired) electrons. The predicted octanol–water partition coefficient (Wildman–Crippen LogP) is 3.16. The number of hydrogen-bond donors (Lipinski definition) is 1. The lowest BCUT2D eigenvalue weighted by Crippen LogP contribution is -2.44. The van der Waals surface area contributed by atoms with Crippen molar-refractivity contribution in [3.8, 4) is 0 Å². The molecule has 0 bridgehead atoms. The summed E-state index contributed by atoms with van der Waals surface area (Å²) in [7, 11) is 0. The van der Waals surface area contributed by atoms with Crippen LogP contribution in [0.3, 0.4) is 0 Å². The van der Waals surface area contributed by atoms with E-state index >= 15 is 0 Å². The molecular formula is C15H20Cl2F3N3O. The Morgan fingerprint density at radius 1 is 1.17 bits per heavy atom. The highest BCUT2D eigenvalue weighted by Gasteiger charge is 2.38. The van der Waals surface area contributed by atoms with E-state index in [-0.39, 0.29) is 36.3 Å². The van der Waals surface area contributed by atoms with E-state index in [1.54, 1.807) is 4.90 Å². The average Bonchev–Trinajstić information content (AvgIpc) is 2.95. The second-order valence-electron chi connectivity index (χ2n) is 6.15. The topological polar surface area (TPSA) is 45.2 Å². The Labute approximate surface area is 151 Å². The molecule has 0 saturated carbocycles. The number of carbonyl (C=O) groups is 1. The molecule has 0 aliphatic carbocycles. The van der Waals surface area contributed by atoms with E-state index < -0.39 is 11.9 Å². The molecule has 0 unspecified atom stereocenters. The number of carbonyl (C=O) groups excluding carboxylic acids is 1. The summed E-state index contributed by atoms with van der Waals surface area (Å²) in [6.45, 7) is 3.33. The molecule has 1 aromatic rings. The molecular weight excluding hydrogens is 366 g/mol. The molecule has 1 amide bonds. The number of nitrogens with zero attached hydrogens (tertiary/aromatic N) is 2. The second-order valence-corrected chi connectivity index (χ2v) is 6.15. The predicted molar refractivity (Wildman–Crippen MR) is 88.8 cm³/mol. The van der Waals surface area contributed by atoms with Gasteiger partial charge in [-0.2, -0.15) is 13.2 Å². The van der Waals surface area contributed by atoms with Gasteiger partial charge >= 0.3 is 6.18 Å². The van der Waals surface area contributed by atoms with Crippen molar-refractivity contribution >= 4 is 30.7 Å². The molecule has 3 heterocycles. The number of hydrogen-bond acceptors (Lipinski definition) is 3. The number of aromatic nitrogens is 1. The highest BCUT2D eigenvalue weighted by molar-refractivity contribution is 5.94. The minimum Gasteiger partial charge on any atom is -0.339 e. The maximum atomic E-state index is 12.5. The molecule has 3 rings (SSSR count). The summed E-state index contributed by atoms with van der Waals surface area (Å²) in [5.41, 5.74) is -0.456. The third-order valence-corrected chi connectivity index (χ3v) is 4.74. The van der Waals surface area contributed by atoms with Gasteiger partial charge in [-0.15, -0.1) is 24.8 Å². The highest BCUT2D eigenvalue weighted by Crippen LogP contribution is 2.37. The van der Waals surface area contributed by atoms with Crippen LogP contribution in [0.2, 0.25) is 0 Å². The summed E-state index contributed by atoms with van der Waals surface area (Å²) >= 11 is 0. The van der Waals surface area contributed by atoms with Gasteiger partial charge in [-0.25, -0.2) is 0 Å². The third-order valence-electron chi connectivity index (χ3n) is 4.74. The number of piperidine rings is 1. The molecule has 2 aliphatic rings. The van der Waals surface area contributed by atoms with Gasteiger partial charge in [0.25, 0.3) is 5.91 Å². The van der Waals surface area contributed by atoms with Crippen molar-refractivity contribution in [2.45, 2.75) is 25.4 Å². The fourth-order valence-corrected chi connectivity index (χ4v) is 3.28. The number of rotatable bonds is 1. The zero-order valence-corrected chi connectivity index (χ0v) is 14.6. The molecule has 0 aromatic carbocycles. The van der Waals surface area contributed by atoms with Gasteiger partial charge in [0.2, 0.25) is 0 Å². The summed E-state index contributed by atoms with van der Waals surface area (Å²) in [5.74, 6) is -0.234. The molecule has 2 fully saturated rings. The lowest BCUT2D eigenvalue weighted by atomic mass is 9.78. The van der Waals surface area contributed by atoms with Gasteiger partial charge in [0.05, 0.1) is 5.56 Å². The van der Waals surface area contributed by atoms with Crippen molar-refractivity contribution in [2.24, 2.45) is 5.41 Å².